The van der Waals surface area contributed by atoms with E-state index in [0.29, 0.717) is 0 Å². The molecular weight excluding hydrogens is 201 g/mol. The summed E-state index contributed by atoms with van der Waals surface area (Å²) in [6.07, 6.45) is 0. The molecule has 1 aromatic carbocycles. The number of carbonyl (C=O) groups excluding carboxylic acids is 1. The first-order valence-corrected chi connectivity index (χ1v) is 4.06. The zero-order valence-electron chi connectivity index (χ0n) is 7.95. The molecule has 78 valence electrons. The van der Waals surface area contributed by atoms with Crippen LogP contribution in [0.1, 0.15) is 21.5 Å². The van der Waals surface area contributed by atoms with Crippen LogP contribution in [-0.2, 0) is 11.3 Å². The minimum absolute atomic E-state index is 0.00246. The third kappa shape index (κ3) is 1.95. The number of aliphatic hydroxyl groups is 1. The van der Waals surface area contributed by atoms with Crippen LogP contribution in [0.15, 0.2) is 12.1 Å². The molecule has 1 N–H and O–H groups in total. The third-order valence-electron chi connectivity index (χ3n) is 1.93. The van der Waals surface area contributed by atoms with Gasteiger partial charge in [0.1, 0.15) is 5.82 Å². The van der Waals surface area contributed by atoms with Crippen molar-refractivity contribution >= 4 is 5.97 Å². The Kier molecular flexibility index (Phi) is 3.37. The highest BCUT2D eigenvalue weighted by atomic mass is 19.1. The van der Waals surface area contributed by atoms with Crippen molar-refractivity contribution in [2.75, 3.05) is 7.11 Å². The molecule has 0 atom stereocenters. The van der Waals surface area contributed by atoms with Gasteiger partial charge < -0.3 is 9.84 Å². The molecule has 0 amide bonds. The van der Waals surface area contributed by atoms with Gasteiger partial charge in [-0.15, -0.1) is 0 Å². The Balaban J connectivity index is 3.37. The summed E-state index contributed by atoms with van der Waals surface area (Å²) in [5.41, 5.74) is -0.483. The quantitative estimate of drug-likeness (QED) is 0.737. The topological polar surface area (TPSA) is 70.3 Å². The third-order valence-corrected chi connectivity index (χ3v) is 1.93. The molecule has 0 heterocycles. The lowest BCUT2D eigenvalue weighted by atomic mass is 10.0. The number of halogens is 1. The van der Waals surface area contributed by atoms with Crippen LogP contribution in [0.5, 0.6) is 0 Å². The van der Waals surface area contributed by atoms with Crippen LogP contribution in [-0.4, -0.2) is 18.2 Å². The molecule has 0 unspecified atom stereocenters. The normalized spacial score (nSPS) is 9.47. The summed E-state index contributed by atoms with van der Waals surface area (Å²) in [6.45, 7) is -0.639. The molecule has 15 heavy (non-hydrogen) atoms. The number of carbonyl (C=O) groups is 1. The predicted molar refractivity (Wildman–Crippen MR) is 48.4 cm³/mol. The van der Waals surface area contributed by atoms with E-state index in [-0.39, 0.29) is 16.7 Å². The second-order valence-corrected chi connectivity index (χ2v) is 2.71. The zero-order valence-corrected chi connectivity index (χ0v) is 7.95. The Morgan fingerprint density at radius 2 is 2.33 bits per heavy atom. The molecule has 1 aromatic rings. The first kappa shape index (κ1) is 11.1. The molecule has 4 nitrogen and oxygen atoms in total. The highest BCUT2D eigenvalue weighted by molar-refractivity contribution is 5.90. The molecule has 0 radical (unpaired) electrons. The molecule has 0 saturated carbocycles. The number of hydrogen-bond acceptors (Lipinski definition) is 4. The van der Waals surface area contributed by atoms with Crippen LogP contribution >= 0.6 is 0 Å². The van der Waals surface area contributed by atoms with E-state index >= 15 is 0 Å². The fourth-order valence-corrected chi connectivity index (χ4v) is 1.15. The molecule has 0 fully saturated rings. The van der Waals surface area contributed by atoms with Crippen molar-refractivity contribution in [3.8, 4) is 6.07 Å². The van der Waals surface area contributed by atoms with E-state index in [2.05, 4.69) is 4.74 Å². The smallest absolute Gasteiger partial charge is 0.340 e. The number of benzene rings is 1. The van der Waals surface area contributed by atoms with Crippen molar-refractivity contribution in [3.63, 3.8) is 0 Å². The molecular formula is C10H8FNO3. The van der Waals surface area contributed by atoms with Crippen LogP contribution in [0, 0.1) is 17.1 Å². The standard InChI is InChI=1S/C10H8FNO3/c1-15-10(14)7-3-2-6(4-12)8(5-13)9(7)11/h2-3,13H,5H2,1H3. The molecule has 0 bridgehead atoms. The van der Waals surface area contributed by atoms with Crippen molar-refractivity contribution in [3.05, 3.63) is 34.6 Å². The van der Waals surface area contributed by atoms with Gasteiger partial charge in [0.15, 0.2) is 0 Å². The van der Waals surface area contributed by atoms with Gasteiger partial charge in [-0.05, 0) is 12.1 Å². The molecule has 1 rings (SSSR count). The highest BCUT2D eigenvalue weighted by Crippen LogP contribution is 2.18. The van der Waals surface area contributed by atoms with Crippen LogP contribution in [0.25, 0.3) is 0 Å². The summed E-state index contributed by atoms with van der Waals surface area (Å²) in [6, 6.07) is 4.14. The number of hydrogen-bond donors (Lipinski definition) is 1. The maximum absolute atomic E-state index is 13.5. The summed E-state index contributed by atoms with van der Waals surface area (Å²) >= 11 is 0. The zero-order chi connectivity index (χ0) is 11.4. The van der Waals surface area contributed by atoms with Crippen molar-refractivity contribution in [2.45, 2.75) is 6.61 Å². The van der Waals surface area contributed by atoms with Gasteiger partial charge in [0, 0.05) is 5.56 Å². The Labute approximate surface area is 85.5 Å². The van der Waals surface area contributed by atoms with Gasteiger partial charge in [-0.1, -0.05) is 0 Å². The lowest BCUT2D eigenvalue weighted by Gasteiger charge is -2.06. The fourth-order valence-electron chi connectivity index (χ4n) is 1.15. The first-order valence-electron chi connectivity index (χ1n) is 4.06. The summed E-state index contributed by atoms with van der Waals surface area (Å²) in [7, 11) is 1.12. The number of methoxy groups -OCH3 is 1. The molecule has 0 aliphatic heterocycles. The van der Waals surface area contributed by atoms with Crippen LogP contribution in [0.3, 0.4) is 0 Å². The van der Waals surface area contributed by atoms with E-state index in [0.717, 1.165) is 13.2 Å². The minimum atomic E-state index is -0.914. The molecule has 0 spiro atoms. The van der Waals surface area contributed by atoms with Gasteiger partial charge in [0.25, 0.3) is 0 Å². The largest absolute Gasteiger partial charge is 0.465 e. The van der Waals surface area contributed by atoms with Crippen molar-refractivity contribution in [1.29, 1.82) is 5.26 Å². The van der Waals surface area contributed by atoms with Gasteiger partial charge in [-0.3, -0.25) is 0 Å². The van der Waals surface area contributed by atoms with E-state index < -0.39 is 18.4 Å². The summed E-state index contributed by atoms with van der Waals surface area (Å²) in [4.78, 5) is 11.1. The van der Waals surface area contributed by atoms with Crippen LogP contribution in [0.4, 0.5) is 4.39 Å². The average molecular weight is 209 g/mol. The Morgan fingerprint density at radius 3 is 2.80 bits per heavy atom. The predicted octanol–water partition coefficient (Wildman–Crippen LogP) is 0.976. The second kappa shape index (κ2) is 4.53. The van der Waals surface area contributed by atoms with Gasteiger partial charge in [0.2, 0.25) is 0 Å². The number of rotatable bonds is 2. The van der Waals surface area contributed by atoms with E-state index in [9.17, 15) is 9.18 Å². The lowest BCUT2D eigenvalue weighted by molar-refractivity contribution is 0.0595. The monoisotopic (exact) mass is 209 g/mol. The van der Waals surface area contributed by atoms with Crippen molar-refractivity contribution in [1.82, 2.24) is 0 Å². The molecule has 0 aromatic heterocycles. The Bertz CT molecular complexity index is 437. The number of nitrogens with zero attached hydrogens (tertiary/aromatic N) is 1. The number of esters is 1. The Morgan fingerprint density at radius 1 is 1.67 bits per heavy atom. The minimum Gasteiger partial charge on any atom is -0.465 e. The lowest BCUT2D eigenvalue weighted by Crippen LogP contribution is -2.08. The summed E-state index contributed by atoms with van der Waals surface area (Å²) < 4.78 is 17.9. The number of nitriles is 1. The average Bonchev–Trinajstić information content (AvgIpc) is 2.27. The van der Waals surface area contributed by atoms with Gasteiger partial charge in [-0.2, -0.15) is 5.26 Å². The van der Waals surface area contributed by atoms with Crippen molar-refractivity contribution < 1.29 is 19.0 Å². The maximum Gasteiger partial charge on any atom is 0.340 e. The summed E-state index contributed by atoms with van der Waals surface area (Å²) in [5, 5.41) is 17.5. The number of aliphatic hydroxyl groups excluding tert-OH is 1. The van der Waals surface area contributed by atoms with Crippen molar-refractivity contribution in [2.24, 2.45) is 0 Å². The molecule has 5 heteroatoms. The van der Waals surface area contributed by atoms with E-state index in [1.807, 2.05) is 0 Å². The van der Waals surface area contributed by atoms with Gasteiger partial charge in [0.05, 0.1) is 30.9 Å². The van der Waals surface area contributed by atoms with E-state index in [1.165, 1.54) is 6.07 Å². The van der Waals surface area contributed by atoms with Gasteiger partial charge in [-0.25, -0.2) is 9.18 Å². The SMILES string of the molecule is COC(=O)c1ccc(C#N)c(CO)c1F. The van der Waals surface area contributed by atoms with E-state index in [4.69, 9.17) is 10.4 Å². The first-order chi connectivity index (χ1) is 7.15. The molecule has 0 aliphatic rings. The van der Waals surface area contributed by atoms with Crippen LogP contribution in [0.2, 0.25) is 0 Å². The fraction of sp³-hybridized carbons (Fsp3) is 0.200. The summed E-state index contributed by atoms with van der Waals surface area (Å²) in [5.74, 6) is -1.75. The van der Waals surface area contributed by atoms with Crippen LogP contribution < -0.4 is 0 Å². The molecule has 0 saturated heterocycles. The van der Waals surface area contributed by atoms with Gasteiger partial charge >= 0.3 is 5.97 Å². The highest BCUT2D eigenvalue weighted by Gasteiger charge is 2.17. The number of ether oxygens (including phenoxy) is 1. The second-order valence-electron chi connectivity index (χ2n) is 2.71. The Hall–Kier alpha value is -1.93. The van der Waals surface area contributed by atoms with E-state index in [1.54, 1.807) is 6.07 Å². The molecule has 0 aliphatic carbocycles. The maximum atomic E-state index is 13.5.